The van der Waals surface area contributed by atoms with E-state index >= 15 is 0 Å². The van der Waals surface area contributed by atoms with Crippen molar-refractivity contribution in [3.05, 3.63) is 45.8 Å². The molecule has 0 radical (unpaired) electrons. The molecule has 1 amide bonds. The minimum absolute atomic E-state index is 0.253. The third kappa shape index (κ3) is 3.94. The van der Waals surface area contributed by atoms with Crippen molar-refractivity contribution in [2.75, 3.05) is 43.4 Å². The summed E-state index contributed by atoms with van der Waals surface area (Å²) in [5.41, 5.74) is 1.57. The second-order valence-electron chi connectivity index (χ2n) is 5.84. The van der Waals surface area contributed by atoms with E-state index in [0.29, 0.717) is 15.4 Å². The Bertz CT molecular complexity index is 734. The van der Waals surface area contributed by atoms with Crippen LogP contribution in [0.25, 0.3) is 0 Å². The van der Waals surface area contributed by atoms with Crippen LogP contribution in [0.4, 0.5) is 11.4 Å². The minimum Gasteiger partial charge on any atom is -0.444 e. The third-order valence-electron chi connectivity index (χ3n) is 4.07. The van der Waals surface area contributed by atoms with Gasteiger partial charge in [0.05, 0.1) is 16.4 Å². The highest BCUT2D eigenvalue weighted by Crippen LogP contribution is 2.35. The van der Waals surface area contributed by atoms with Crippen LogP contribution < -0.4 is 10.2 Å². The summed E-state index contributed by atoms with van der Waals surface area (Å²) in [6, 6.07) is 8.88. The molecule has 1 aliphatic rings. The summed E-state index contributed by atoms with van der Waals surface area (Å²) in [6.45, 7) is 3.80. The number of carbonyl (C=O) groups excluding carboxylic acids is 1. The molecule has 0 unspecified atom stereocenters. The van der Waals surface area contributed by atoms with Crippen LogP contribution in [0.5, 0.6) is 0 Å². The van der Waals surface area contributed by atoms with Gasteiger partial charge in [-0.25, -0.2) is 0 Å². The lowest BCUT2D eigenvalue weighted by molar-refractivity contribution is 0.0995. The first kappa shape index (κ1) is 17.3. The van der Waals surface area contributed by atoms with Gasteiger partial charge in [0, 0.05) is 19.6 Å². The predicted molar refractivity (Wildman–Crippen MR) is 100 cm³/mol. The quantitative estimate of drug-likeness (QED) is 0.825. The highest BCUT2D eigenvalue weighted by Gasteiger charge is 2.20. The molecule has 1 aromatic carbocycles. The van der Waals surface area contributed by atoms with Gasteiger partial charge in [0.2, 0.25) is 0 Å². The number of anilines is 2. The number of para-hydroxylation sites is 1. The number of hydrogen-bond donors (Lipinski definition) is 1. The highest BCUT2D eigenvalue weighted by molar-refractivity contribution is 9.10. The second-order valence-corrected chi connectivity index (χ2v) is 7.03. The molecule has 128 valence electrons. The zero-order chi connectivity index (χ0) is 17.1. The highest BCUT2D eigenvalue weighted by atomic mass is 79.9. The molecule has 1 fully saturated rings. The number of rotatable bonds is 3. The summed E-state index contributed by atoms with van der Waals surface area (Å²) in [4.78, 5) is 16.9. The Hall–Kier alpha value is -1.50. The lowest BCUT2D eigenvalue weighted by atomic mass is 10.2. The summed E-state index contributed by atoms with van der Waals surface area (Å²) in [7, 11) is 2.12. The topological polar surface area (TPSA) is 48.7 Å². The molecule has 0 spiro atoms. The summed E-state index contributed by atoms with van der Waals surface area (Å²) in [6.07, 6.45) is 1.06. The lowest BCUT2D eigenvalue weighted by Gasteiger charge is -2.26. The first-order valence-corrected chi connectivity index (χ1v) is 9.00. The smallest absolute Gasteiger partial charge is 0.291 e. The number of amides is 1. The maximum Gasteiger partial charge on any atom is 0.291 e. The second kappa shape index (κ2) is 7.59. The van der Waals surface area contributed by atoms with Gasteiger partial charge in [0.15, 0.2) is 10.4 Å². The van der Waals surface area contributed by atoms with Crippen molar-refractivity contribution < 1.29 is 9.21 Å². The molecule has 2 heterocycles. The average Bonchev–Trinajstić information content (AvgIpc) is 2.87. The zero-order valence-electron chi connectivity index (χ0n) is 13.4. The van der Waals surface area contributed by atoms with Crippen LogP contribution in [-0.2, 0) is 0 Å². The lowest BCUT2D eigenvalue weighted by Crippen LogP contribution is -2.30. The van der Waals surface area contributed by atoms with E-state index < -0.39 is 0 Å². The van der Waals surface area contributed by atoms with Crippen LogP contribution in [0.2, 0.25) is 5.02 Å². The van der Waals surface area contributed by atoms with Gasteiger partial charge in [-0.05, 0) is 60.2 Å². The molecule has 2 aromatic rings. The van der Waals surface area contributed by atoms with Gasteiger partial charge in [-0.15, -0.1) is 0 Å². The fourth-order valence-electron chi connectivity index (χ4n) is 2.83. The van der Waals surface area contributed by atoms with E-state index in [9.17, 15) is 4.79 Å². The molecule has 0 bridgehead atoms. The SMILES string of the molecule is CN1CCCN(c2c(Cl)cccc2NC(=O)c2ccc(Br)o2)CC1. The average molecular weight is 413 g/mol. The van der Waals surface area contributed by atoms with Gasteiger partial charge in [0.25, 0.3) is 5.91 Å². The van der Waals surface area contributed by atoms with E-state index in [-0.39, 0.29) is 11.7 Å². The van der Waals surface area contributed by atoms with E-state index in [0.717, 1.165) is 38.3 Å². The fourth-order valence-corrected chi connectivity index (χ4v) is 3.43. The van der Waals surface area contributed by atoms with E-state index in [2.05, 4.69) is 38.1 Å². The number of halogens is 2. The first-order chi connectivity index (χ1) is 11.5. The molecular formula is C17H19BrClN3O2. The van der Waals surface area contributed by atoms with Crippen LogP contribution in [0.3, 0.4) is 0 Å². The van der Waals surface area contributed by atoms with Crippen LogP contribution >= 0.6 is 27.5 Å². The number of furan rings is 1. The van der Waals surface area contributed by atoms with Crippen molar-refractivity contribution in [2.45, 2.75) is 6.42 Å². The third-order valence-corrected chi connectivity index (χ3v) is 4.80. The van der Waals surface area contributed by atoms with Crippen molar-refractivity contribution in [2.24, 2.45) is 0 Å². The number of hydrogen-bond acceptors (Lipinski definition) is 4. The monoisotopic (exact) mass is 411 g/mol. The van der Waals surface area contributed by atoms with E-state index in [1.54, 1.807) is 12.1 Å². The van der Waals surface area contributed by atoms with Gasteiger partial charge in [-0.3, -0.25) is 4.79 Å². The Labute approximate surface area is 154 Å². The van der Waals surface area contributed by atoms with E-state index in [1.807, 2.05) is 18.2 Å². The molecule has 1 aromatic heterocycles. The molecule has 1 saturated heterocycles. The van der Waals surface area contributed by atoms with Crippen LogP contribution in [0, 0.1) is 0 Å². The Morgan fingerprint density at radius 2 is 2.04 bits per heavy atom. The van der Waals surface area contributed by atoms with Crippen LogP contribution in [0.15, 0.2) is 39.4 Å². The zero-order valence-corrected chi connectivity index (χ0v) is 15.7. The Balaban J connectivity index is 1.85. The van der Waals surface area contributed by atoms with Crippen molar-refractivity contribution in [3.63, 3.8) is 0 Å². The number of nitrogens with zero attached hydrogens (tertiary/aromatic N) is 2. The fraction of sp³-hybridized carbons (Fsp3) is 0.353. The normalized spacial score (nSPS) is 16.0. The number of benzene rings is 1. The number of carbonyl (C=O) groups is 1. The molecule has 0 atom stereocenters. The molecule has 3 rings (SSSR count). The summed E-state index contributed by atoms with van der Waals surface area (Å²) in [5.74, 6) is -0.0421. The van der Waals surface area contributed by atoms with Crippen molar-refractivity contribution >= 4 is 44.8 Å². The summed E-state index contributed by atoms with van der Waals surface area (Å²) in [5, 5.41) is 3.55. The standard InChI is InChI=1S/C17H19BrClN3O2/c1-21-8-3-9-22(11-10-21)16-12(19)4-2-5-13(16)20-17(23)14-6-7-15(18)24-14/h2,4-7H,3,8-11H2,1H3,(H,20,23). The molecule has 24 heavy (non-hydrogen) atoms. The van der Waals surface area contributed by atoms with Crippen molar-refractivity contribution in [1.82, 2.24) is 4.90 Å². The predicted octanol–water partition coefficient (Wildman–Crippen LogP) is 4.09. The molecule has 0 saturated carbocycles. The van der Waals surface area contributed by atoms with Gasteiger partial charge >= 0.3 is 0 Å². The molecule has 5 nitrogen and oxygen atoms in total. The van der Waals surface area contributed by atoms with Crippen LogP contribution in [0.1, 0.15) is 17.0 Å². The first-order valence-electron chi connectivity index (χ1n) is 7.83. The molecular weight excluding hydrogens is 394 g/mol. The van der Waals surface area contributed by atoms with Crippen LogP contribution in [-0.4, -0.2) is 44.0 Å². The number of nitrogens with one attached hydrogen (secondary N) is 1. The van der Waals surface area contributed by atoms with E-state index in [1.165, 1.54) is 0 Å². The summed E-state index contributed by atoms with van der Waals surface area (Å²) >= 11 is 9.66. The molecule has 0 aliphatic carbocycles. The Kier molecular flexibility index (Phi) is 5.48. The largest absolute Gasteiger partial charge is 0.444 e. The molecule has 7 heteroatoms. The summed E-state index contributed by atoms with van der Waals surface area (Å²) < 4.78 is 5.84. The Morgan fingerprint density at radius 1 is 1.21 bits per heavy atom. The van der Waals surface area contributed by atoms with Gasteiger partial charge in [-0.1, -0.05) is 17.7 Å². The molecule has 1 N–H and O–H groups in total. The van der Waals surface area contributed by atoms with Crippen molar-refractivity contribution in [1.29, 1.82) is 0 Å². The minimum atomic E-state index is -0.295. The van der Waals surface area contributed by atoms with Gasteiger partial charge in [0.1, 0.15) is 0 Å². The number of likely N-dealkylation sites (N-methyl/N-ethyl adjacent to an activating group) is 1. The molecule has 1 aliphatic heterocycles. The maximum atomic E-state index is 12.4. The van der Waals surface area contributed by atoms with E-state index in [4.69, 9.17) is 16.0 Å². The maximum absolute atomic E-state index is 12.4. The van der Waals surface area contributed by atoms with Crippen molar-refractivity contribution in [3.8, 4) is 0 Å². The Morgan fingerprint density at radius 3 is 2.79 bits per heavy atom. The van der Waals surface area contributed by atoms with Gasteiger partial charge < -0.3 is 19.5 Å². The van der Waals surface area contributed by atoms with Gasteiger partial charge in [-0.2, -0.15) is 0 Å².